The van der Waals surface area contributed by atoms with Crippen molar-refractivity contribution >= 4 is 0 Å². The molecule has 0 radical (unpaired) electrons. The van der Waals surface area contributed by atoms with Crippen LogP contribution in [0.3, 0.4) is 0 Å². The molecule has 0 aliphatic heterocycles. The monoisotopic (exact) mass is 267 g/mol. The quantitative estimate of drug-likeness (QED) is 0.698. The van der Waals surface area contributed by atoms with Crippen molar-refractivity contribution in [2.45, 2.75) is 32.9 Å². The maximum Gasteiger partial charge on any atom is 0.127 e. The third-order valence-electron chi connectivity index (χ3n) is 2.73. The Morgan fingerprint density at radius 3 is 2.58 bits per heavy atom. The molecular weight excluding hydrogens is 242 g/mol. The molecular formula is C15H25NO3. The maximum atomic E-state index is 5.81. The first-order chi connectivity index (χ1) is 9.17. The molecule has 0 saturated heterocycles. The average Bonchev–Trinajstić information content (AvgIpc) is 2.41. The van der Waals surface area contributed by atoms with Crippen LogP contribution in [0, 0.1) is 0 Å². The molecule has 0 aliphatic rings. The molecule has 0 unspecified atom stereocenters. The highest BCUT2D eigenvalue weighted by atomic mass is 16.5. The van der Waals surface area contributed by atoms with E-state index in [1.54, 1.807) is 14.2 Å². The van der Waals surface area contributed by atoms with E-state index >= 15 is 0 Å². The molecule has 0 amide bonds. The predicted molar refractivity (Wildman–Crippen MR) is 77.0 cm³/mol. The molecule has 108 valence electrons. The van der Waals surface area contributed by atoms with Gasteiger partial charge in [-0.25, -0.2) is 0 Å². The highest BCUT2D eigenvalue weighted by Crippen LogP contribution is 2.25. The fourth-order valence-corrected chi connectivity index (χ4v) is 1.64. The van der Waals surface area contributed by atoms with Gasteiger partial charge in [-0.3, -0.25) is 0 Å². The van der Waals surface area contributed by atoms with E-state index in [1.165, 1.54) is 0 Å². The van der Waals surface area contributed by atoms with Gasteiger partial charge in [0.15, 0.2) is 0 Å². The van der Waals surface area contributed by atoms with Crippen LogP contribution in [0.2, 0.25) is 0 Å². The Balaban J connectivity index is 2.66. The molecule has 0 bridgehead atoms. The van der Waals surface area contributed by atoms with Gasteiger partial charge < -0.3 is 19.5 Å². The highest BCUT2D eigenvalue weighted by Gasteiger charge is 2.06. The number of methoxy groups -OCH3 is 2. The Labute approximate surface area is 116 Å². The molecule has 19 heavy (non-hydrogen) atoms. The highest BCUT2D eigenvalue weighted by molar-refractivity contribution is 5.40. The van der Waals surface area contributed by atoms with E-state index in [4.69, 9.17) is 14.2 Å². The van der Waals surface area contributed by atoms with E-state index < -0.39 is 0 Å². The number of nitrogens with one attached hydrogen (secondary N) is 1. The van der Waals surface area contributed by atoms with Crippen LogP contribution in [0.5, 0.6) is 11.5 Å². The lowest BCUT2D eigenvalue weighted by Gasteiger charge is -2.15. The molecule has 4 heteroatoms. The zero-order chi connectivity index (χ0) is 14.1. The molecule has 1 rings (SSSR count). The summed E-state index contributed by atoms with van der Waals surface area (Å²) < 4.78 is 16.1. The molecule has 1 N–H and O–H groups in total. The van der Waals surface area contributed by atoms with Crippen molar-refractivity contribution in [1.82, 2.24) is 5.32 Å². The summed E-state index contributed by atoms with van der Waals surface area (Å²) in [7, 11) is 3.36. The van der Waals surface area contributed by atoms with Crippen molar-refractivity contribution in [2.24, 2.45) is 0 Å². The molecule has 0 spiro atoms. The average molecular weight is 267 g/mol. The van der Waals surface area contributed by atoms with Crippen LogP contribution in [0.25, 0.3) is 0 Å². The minimum atomic E-state index is 0.448. The van der Waals surface area contributed by atoms with Crippen molar-refractivity contribution in [3.05, 3.63) is 23.8 Å². The Bertz CT molecular complexity index is 366. The Morgan fingerprint density at radius 2 is 1.95 bits per heavy atom. The van der Waals surface area contributed by atoms with Gasteiger partial charge in [0.2, 0.25) is 0 Å². The third kappa shape index (κ3) is 5.94. The van der Waals surface area contributed by atoms with E-state index in [0.29, 0.717) is 19.3 Å². The van der Waals surface area contributed by atoms with Gasteiger partial charge in [0.25, 0.3) is 0 Å². The molecule has 0 aliphatic carbocycles. The van der Waals surface area contributed by atoms with E-state index in [-0.39, 0.29) is 0 Å². The SMILES string of the molecule is COCCCOc1cc(OC)ccc1CNC(C)C. The van der Waals surface area contributed by atoms with E-state index in [9.17, 15) is 0 Å². The minimum absolute atomic E-state index is 0.448. The summed E-state index contributed by atoms with van der Waals surface area (Å²) in [5.74, 6) is 1.69. The second-order valence-corrected chi connectivity index (χ2v) is 4.70. The van der Waals surface area contributed by atoms with Crippen molar-refractivity contribution in [1.29, 1.82) is 0 Å². The summed E-state index contributed by atoms with van der Waals surface area (Å²) in [5.41, 5.74) is 1.15. The number of ether oxygens (including phenoxy) is 3. The maximum absolute atomic E-state index is 5.81. The summed E-state index contributed by atoms with van der Waals surface area (Å²) in [6.07, 6.45) is 0.880. The number of hydrogen-bond acceptors (Lipinski definition) is 4. The van der Waals surface area contributed by atoms with Crippen LogP contribution in [0.4, 0.5) is 0 Å². The molecule has 4 nitrogen and oxygen atoms in total. The summed E-state index contributed by atoms with van der Waals surface area (Å²) in [5, 5.41) is 3.40. The lowest BCUT2D eigenvalue weighted by molar-refractivity contribution is 0.171. The van der Waals surface area contributed by atoms with Crippen LogP contribution >= 0.6 is 0 Å². The second-order valence-electron chi connectivity index (χ2n) is 4.70. The fourth-order valence-electron chi connectivity index (χ4n) is 1.64. The topological polar surface area (TPSA) is 39.7 Å². The van der Waals surface area contributed by atoms with E-state index in [2.05, 4.69) is 19.2 Å². The van der Waals surface area contributed by atoms with Crippen LogP contribution in [-0.4, -0.2) is 33.5 Å². The first-order valence-electron chi connectivity index (χ1n) is 6.69. The molecule has 0 atom stereocenters. The fraction of sp³-hybridized carbons (Fsp3) is 0.600. The van der Waals surface area contributed by atoms with Crippen molar-refractivity contribution in [3.8, 4) is 11.5 Å². The summed E-state index contributed by atoms with van der Waals surface area (Å²) in [4.78, 5) is 0. The second kappa shape index (κ2) is 8.77. The van der Waals surface area contributed by atoms with Gasteiger partial charge in [-0.2, -0.15) is 0 Å². The van der Waals surface area contributed by atoms with Gasteiger partial charge in [-0.15, -0.1) is 0 Å². The lowest BCUT2D eigenvalue weighted by Crippen LogP contribution is -2.22. The van der Waals surface area contributed by atoms with Gasteiger partial charge >= 0.3 is 0 Å². The first-order valence-corrected chi connectivity index (χ1v) is 6.69. The largest absolute Gasteiger partial charge is 0.497 e. The molecule has 0 aromatic heterocycles. The number of rotatable bonds is 9. The zero-order valence-corrected chi connectivity index (χ0v) is 12.4. The third-order valence-corrected chi connectivity index (χ3v) is 2.73. The number of hydrogen-bond donors (Lipinski definition) is 1. The van der Waals surface area contributed by atoms with Gasteiger partial charge in [0, 0.05) is 44.4 Å². The Kier molecular flexibility index (Phi) is 7.30. The molecule has 0 heterocycles. The van der Waals surface area contributed by atoms with Crippen molar-refractivity contribution < 1.29 is 14.2 Å². The summed E-state index contributed by atoms with van der Waals surface area (Å²) >= 11 is 0. The van der Waals surface area contributed by atoms with Crippen LogP contribution in [0.1, 0.15) is 25.8 Å². The van der Waals surface area contributed by atoms with Gasteiger partial charge in [0.1, 0.15) is 11.5 Å². The smallest absolute Gasteiger partial charge is 0.127 e. The molecule has 1 aromatic rings. The lowest BCUT2D eigenvalue weighted by atomic mass is 10.2. The summed E-state index contributed by atoms with van der Waals surface area (Å²) in [6.45, 7) is 6.41. The van der Waals surface area contributed by atoms with Crippen LogP contribution < -0.4 is 14.8 Å². The van der Waals surface area contributed by atoms with Gasteiger partial charge in [-0.1, -0.05) is 19.9 Å². The molecule has 0 saturated carbocycles. The summed E-state index contributed by atoms with van der Waals surface area (Å²) in [6, 6.07) is 6.38. The standard InChI is InChI=1S/C15H25NO3/c1-12(2)16-11-13-6-7-14(18-4)10-15(13)19-9-5-8-17-3/h6-7,10,12,16H,5,8-9,11H2,1-4H3. The van der Waals surface area contributed by atoms with Crippen LogP contribution in [-0.2, 0) is 11.3 Å². The van der Waals surface area contributed by atoms with Crippen molar-refractivity contribution in [3.63, 3.8) is 0 Å². The van der Waals surface area contributed by atoms with Crippen molar-refractivity contribution in [2.75, 3.05) is 27.4 Å². The zero-order valence-electron chi connectivity index (χ0n) is 12.4. The van der Waals surface area contributed by atoms with Gasteiger partial charge in [0.05, 0.1) is 13.7 Å². The van der Waals surface area contributed by atoms with E-state index in [1.807, 2.05) is 18.2 Å². The first kappa shape index (κ1) is 15.8. The Hall–Kier alpha value is -1.26. The molecule has 0 fully saturated rings. The number of benzene rings is 1. The van der Waals surface area contributed by atoms with E-state index in [0.717, 1.165) is 30.0 Å². The predicted octanol–water partition coefficient (Wildman–Crippen LogP) is 2.61. The minimum Gasteiger partial charge on any atom is -0.497 e. The van der Waals surface area contributed by atoms with Crippen LogP contribution in [0.15, 0.2) is 18.2 Å². The Morgan fingerprint density at radius 1 is 1.16 bits per heavy atom. The van der Waals surface area contributed by atoms with Gasteiger partial charge in [-0.05, 0) is 6.07 Å². The molecule has 1 aromatic carbocycles. The normalized spacial score (nSPS) is 10.8.